The Balaban J connectivity index is 2.80. The Labute approximate surface area is 60.3 Å². The number of rotatable bonds is 0. The molecular weight excluding hydrogens is 122 g/mol. The minimum absolute atomic E-state index is 1.29. The molecule has 0 spiro atoms. The van der Waals surface area contributed by atoms with Gasteiger partial charge >= 0.3 is 0 Å². The molecule has 1 heterocycles. The van der Waals surface area contributed by atoms with Gasteiger partial charge in [0, 0.05) is 18.9 Å². The van der Waals surface area contributed by atoms with Crippen molar-refractivity contribution in [3.05, 3.63) is 36.5 Å². The summed E-state index contributed by atoms with van der Waals surface area (Å²) in [7, 11) is 2.06. The highest BCUT2D eigenvalue weighted by Crippen LogP contribution is 2.20. The third kappa shape index (κ3) is 0.637. The van der Waals surface area contributed by atoms with E-state index in [1.807, 2.05) is 0 Å². The molecule has 10 heavy (non-hydrogen) atoms. The van der Waals surface area contributed by atoms with Gasteiger partial charge in [-0.3, -0.25) is 0 Å². The molecule has 1 heteroatoms. The first-order chi connectivity index (χ1) is 4.88. The largest absolute Gasteiger partial charge is 0.351 e. The van der Waals surface area contributed by atoms with E-state index in [4.69, 9.17) is 0 Å². The molecule has 0 saturated carbocycles. The van der Waals surface area contributed by atoms with Crippen LogP contribution in [-0.2, 0) is 7.05 Å². The fraction of sp³-hybridized carbons (Fsp3) is 0.111. The van der Waals surface area contributed by atoms with Crippen LogP contribution in [0.3, 0.4) is 0 Å². The zero-order valence-corrected chi connectivity index (χ0v) is 5.91. The van der Waals surface area contributed by atoms with Crippen LogP contribution >= 0.6 is 0 Å². The van der Waals surface area contributed by atoms with E-state index in [9.17, 15) is 0 Å². The lowest BCUT2D eigenvalue weighted by atomic mass is 10.2. The van der Waals surface area contributed by atoms with Crippen LogP contribution in [0.2, 0.25) is 0 Å². The lowest BCUT2D eigenvalue weighted by Crippen LogP contribution is -1.92. The Kier molecular flexibility index (Phi) is 1.04. The van der Waals surface area contributed by atoms with E-state index in [1.54, 1.807) is 0 Å². The number of aryl methyl sites for hydroxylation is 1. The molecule has 0 N–H and O–H groups in total. The second kappa shape index (κ2) is 1.87. The first-order valence-corrected chi connectivity index (χ1v) is 3.38. The summed E-state index contributed by atoms with van der Waals surface area (Å²) in [6.45, 7) is 0. The van der Waals surface area contributed by atoms with E-state index in [2.05, 4.69) is 48.1 Å². The normalized spacial score (nSPS) is 10.5. The van der Waals surface area contributed by atoms with Crippen molar-refractivity contribution in [3.63, 3.8) is 0 Å². The molecule has 2 aliphatic rings. The minimum atomic E-state index is 1.29. The molecule has 0 aromatic rings. The quantitative estimate of drug-likeness (QED) is 0.516. The molecule has 0 fully saturated rings. The molecule has 0 radical (unpaired) electrons. The van der Waals surface area contributed by atoms with Gasteiger partial charge in [-0.2, -0.15) is 0 Å². The Hall–Kier alpha value is -1.24. The number of hydrogen-bond donors (Lipinski definition) is 0. The standard InChI is InChI=1S/C9H9N/c1-10-7-3-5-8-4-2-6-9(8)10/h2-7H,1H3. The van der Waals surface area contributed by atoms with Gasteiger partial charge in [-0.1, -0.05) is 18.2 Å². The van der Waals surface area contributed by atoms with Crippen LogP contribution in [0.25, 0.3) is 11.3 Å². The highest BCUT2D eigenvalue weighted by atomic mass is 14.9. The zero-order chi connectivity index (χ0) is 6.97. The van der Waals surface area contributed by atoms with E-state index in [0.29, 0.717) is 0 Å². The Morgan fingerprint density at radius 2 is 1.90 bits per heavy atom. The van der Waals surface area contributed by atoms with Crippen LogP contribution in [0.5, 0.6) is 0 Å². The van der Waals surface area contributed by atoms with Gasteiger partial charge in [-0.25, -0.2) is 0 Å². The molecule has 0 unspecified atom stereocenters. The monoisotopic (exact) mass is 131 g/mol. The number of aromatic nitrogens is 1. The van der Waals surface area contributed by atoms with Crippen molar-refractivity contribution in [1.29, 1.82) is 0 Å². The molecule has 1 nitrogen and oxygen atoms in total. The maximum Gasteiger partial charge on any atom is 0.0477 e. The first-order valence-electron chi connectivity index (χ1n) is 3.38. The Morgan fingerprint density at radius 3 is 2.70 bits per heavy atom. The van der Waals surface area contributed by atoms with Crippen molar-refractivity contribution >= 4 is 0 Å². The van der Waals surface area contributed by atoms with Gasteiger partial charge in [0.25, 0.3) is 0 Å². The molecule has 1 aliphatic heterocycles. The second-order valence-electron chi connectivity index (χ2n) is 2.49. The van der Waals surface area contributed by atoms with Crippen molar-refractivity contribution in [2.75, 3.05) is 0 Å². The minimum Gasteiger partial charge on any atom is -0.351 e. The average molecular weight is 131 g/mol. The topological polar surface area (TPSA) is 4.93 Å². The van der Waals surface area contributed by atoms with E-state index < -0.39 is 0 Å². The summed E-state index contributed by atoms with van der Waals surface area (Å²) >= 11 is 0. The Morgan fingerprint density at radius 1 is 1.10 bits per heavy atom. The van der Waals surface area contributed by atoms with Gasteiger partial charge < -0.3 is 4.57 Å². The fourth-order valence-corrected chi connectivity index (χ4v) is 1.24. The molecule has 2 rings (SSSR count). The van der Waals surface area contributed by atoms with E-state index in [-0.39, 0.29) is 0 Å². The van der Waals surface area contributed by atoms with Gasteiger partial charge in [-0.05, 0) is 17.7 Å². The SMILES string of the molecule is Cn1cccc2cccc1-2. The molecule has 50 valence electrons. The lowest BCUT2D eigenvalue weighted by Gasteiger charge is -2.04. The molecular formula is C9H9N. The molecule has 1 aliphatic carbocycles. The van der Waals surface area contributed by atoms with Crippen LogP contribution in [-0.4, -0.2) is 4.57 Å². The smallest absolute Gasteiger partial charge is 0.0477 e. The van der Waals surface area contributed by atoms with Crippen molar-refractivity contribution in [2.45, 2.75) is 0 Å². The first kappa shape index (κ1) is 5.54. The molecule has 0 bridgehead atoms. The maximum atomic E-state index is 2.12. The van der Waals surface area contributed by atoms with Gasteiger partial charge in [-0.15, -0.1) is 0 Å². The maximum absolute atomic E-state index is 2.12. The van der Waals surface area contributed by atoms with Crippen molar-refractivity contribution in [3.8, 4) is 11.3 Å². The highest BCUT2D eigenvalue weighted by Gasteiger charge is 2.00. The number of nitrogens with zero attached hydrogens (tertiary/aromatic N) is 1. The average Bonchev–Trinajstić information content (AvgIpc) is 2.36. The summed E-state index contributed by atoms with van der Waals surface area (Å²) in [6.07, 6.45) is 2.06. The van der Waals surface area contributed by atoms with Gasteiger partial charge in [0.2, 0.25) is 0 Å². The van der Waals surface area contributed by atoms with Gasteiger partial charge in [0.15, 0.2) is 0 Å². The summed E-state index contributed by atoms with van der Waals surface area (Å²) in [4.78, 5) is 0. The molecule has 0 atom stereocenters. The predicted octanol–water partition coefficient (Wildman–Crippen LogP) is 2.13. The molecule has 0 amide bonds. The van der Waals surface area contributed by atoms with Crippen LogP contribution < -0.4 is 0 Å². The summed E-state index contributed by atoms with van der Waals surface area (Å²) in [6, 6.07) is 10.5. The third-order valence-electron chi connectivity index (χ3n) is 1.79. The van der Waals surface area contributed by atoms with E-state index in [1.165, 1.54) is 11.3 Å². The fourth-order valence-electron chi connectivity index (χ4n) is 1.24. The van der Waals surface area contributed by atoms with Crippen LogP contribution in [0.4, 0.5) is 0 Å². The molecule has 0 saturated heterocycles. The van der Waals surface area contributed by atoms with Gasteiger partial charge in [0.1, 0.15) is 0 Å². The summed E-state index contributed by atoms with van der Waals surface area (Å²) in [5.41, 5.74) is 2.60. The summed E-state index contributed by atoms with van der Waals surface area (Å²) in [5, 5.41) is 0. The summed E-state index contributed by atoms with van der Waals surface area (Å²) in [5.74, 6) is 0. The third-order valence-corrected chi connectivity index (χ3v) is 1.79. The van der Waals surface area contributed by atoms with Crippen molar-refractivity contribution in [1.82, 2.24) is 4.57 Å². The van der Waals surface area contributed by atoms with E-state index >= 15 is 0 Å². The number of pyridine rings is 1. The molecule has 0 aromatic carbocycles. The number of hydrogen-bond acceptors (Lipinski definition) is 0. The van der Waals surface area contributed by atoms with Crippen LogP contribution in [0, 0.1) is 0 Å². The van der Waals surface area contributed by atoms with Gasteiger partial charge in [0.05, 0.1) is 0 Å². The van der Waals surface area contributed by atoms with Crippen LogP contribution in [0.1, 0.15) is 0 Å². The second-order valence-corrected chi connectivity index (χ2v) is 2.49. The summed E-state index contributed by atoms with van der Waals surface area (Å²) < 4.78 is 2.12. The predicted molar refractivity (Wildman–Crippen MR) is 42.0 cm³/mol. The van der Waals surface area contributed by atoms with Crippen molar-refractivity contribution < 1.29 is 0 Å². The zero-order valence-electron chi connectivity index (χ0n) is 5.91. The molecule has 0 aromatic heterocycles. The van der Waals surface area contributed by atoms with Crippen LogP contribution in [0.15, 0.2) is 36.5 Å². The van der Waals surface area contributed by atoms with Crippen molar-refractivity contribution in [2.24, 2.45) is 7.05 Å². The number of fused-ring (bicyclic) bond motifs is 1. The van der Waals surface area contributed by atoms with E-state index in [0.717, 1.165) is 0 Å². The Bertz CT molecular complexity index is 309. The highest BCUT2D eigenvalue weighted by molar-refractivity contribution is 5.62. The lowest BCUT2D eigenvalue weighted by molar-refractivity contribution is 0.917.